The summed E-state index contributed by atoms with van der Waals surface area (Å²) < 4.78 is 0. The predicted molar refractivity (Wildman–Crippen MR) is 50.1 cm³/mol. The average Bonchev–Trinajstić information content (AvgIpc) is 2.57. The zero-order valence-corrected chi connectivity index (χ0v) is 7.51. The summed E-state index contributed by atoms with van der Waals surface area (Å²) in [5, 5.41) is 3.02. The Morgan fingerprint density at radius 3 is 2.83 bits per heavy atom. The summed E-state index contributed by atoms with van der Waals surface area (Å²) in [4.78, 5) is 8.43. The van der Waals surface area contributed by atoms with E-state index in [1.807, 2.05) is 30.6 Å². The summed E-state index contributed by atoms with van der Waals surface area (Å²) in [5.74, 6) is 0. The van der Waals surface area contributed by atoms with E-state index in [9.17, 15) is 0 Å². The van der Waals surface area contributed by atoms with Crippen molar-refractivity contribution in [2.45, 2.75) is 6.92 Å². The molecule has 0 aliphatic rings. The average molecular weight is 176 g/mol. The lowest BCUT2D eigenvalue weighted by molar-refractivity contribution is 1.20. The van der Waals surface area contributed by atoms with Crippen LogP contribution in [0.25, 0.3) is 10.6 Å². The van der Waals surface area contributed by atoms with Gasteiger partial charge in [-0.3, -0.25) is 4.98 Å². The number of rotatable bonds is 1. The maximum Gasteiger partial charge on any atom is 0.125 e. The first kappa shape index (κ1) is 7.43. The highest BCUT2D eigenvalue weighted by Gasteiger charge is 2.02. The summed E-state index contributed by atoms with van der Waals surface area (Å²) in [6.45, 7) is 2.00. The number of thiazole rings is 1. The highest BCUT2D eigenvalue weighted by Crippen LogP contribution is 2.22. The SMILES string of the molecule is Cc1ncccc1-c1nccs1. The van der Waals surface area contributed by atoms with E-state index in [0.717, 1.165) is 16.3 Å². The smallest absolute Gasteiger partial charge is 0.125 e. The maximum atomic E-state index is 4.23. The van der Waals surface area contributed by atoms with E-state index in [2.05, 4.69) is 9.97 Å². The molecule has 2 rings (SSSR count). The second kappa shape index (κ2) is 3.03. The molecule has 12 heavy (non-hydrogen) atoms. The molecule has 0 atom stereocenters. The second-order valence-electron chi connectivity index (χ2n) is 2.47. The molecule has 2 heterocycles. The van der Waals surface area contributed by atoms with E-state index in [-0.39, 0.29) is 0 Å². The van der Waals surface area contributed by atoms with Crippen molar-refractivity contribution in [3.8, 4) is 10.6 Å². The first-order chi connectivity index (χ1) is 5.88. The van der Waals surface area contributed by atoms with Crippen LogP contribution in [0.2, 0.25) is 0 Å². The van der Waals surface area contributed by atoms with Crippen LogP contribution in [0.1, 0.15) is 5.69 Å². The van der Waals surface area contributed by atoms with Crippen LogP contribution in [0.4, 0.5) is 0 Å². The minimum absolute atomic E-state index is 1.03. The molecule has 0 saturated carbocycles. The van der Waals surface area contributed by atoms with Crippen LogP contribution < -0.4 is 0 Å². The zero-order valence-electron chi connectivity index (χ0n) is 6.69. The Balaban J connectivity index is 2.55. The second-order valence-corrected chi connectivity index (χ2v) is 3.37. The molecule has 2 aromatic heterocycles. The van der Waals surface area contributed by atoms with Crippen molar-refractivity contribution in [1.82, 2.24) is 9.97 Å². The van der Waals surface area contributed by atoms with Crippen LogP contribution in [-0.4, -0.2) is 9.97 Å². The van der Waals surface area contributed by atoms with Crippen molar-refractivity contribution < 1.29 is 0 Å². The van der Waals surface area contributed by atoms with Crippen molar-refractivity contribution in [3.05, 3.63) is 35.6 Å². The molecule has 0 saturated heterocycles. The van der Waals surface area contributed by atoms with Gasteiger partial charge in [-0.2, -0.15) is 0 Å². The van der Waals surface area contributed by atoms with E-state index in [1.165, 1.54) is 0 Å². The summed E-state index contributed by atoms with van der Waals surface area (Å²) in [6, 6.07) is 3.98. The molecule has 0 N–H and O–H groups in total. The molecule has 0 unspecified atom stereocenters. The molecule has 0 radical (unpaired) electrons. The van der Waals surface area contributed by atoms with Crippen LogP contribution in [0.15, 0.2) is 29.9 Å². The lowest BCUT2D eigenvalue weighted by Gasteiger charge is -1.98. The Morgan fingerprint density at radius 2 is 2.17 bits per heavy atom. The van der Waals surface area contributed by atoms with Crippen LogP contribution in [0.5, 0.6) is 0 Å². The number of aromatic nitrogens is 2. The number of hydrogen-bond donors (Lipinski definition) is 0. The molecular weight excluding hydrogens is 168 g/mol. The van der Waals surface area contributed by atoms with Gasteiger partial charge in [-0.05, 0) is 19.1 Å². The number of aryl methyl sites for hydroxylation is 1. The molecule has 2 nitrogen and oxygen atoms in total. The predicted octanol–water partition coefficient (Wildman–Crippen LogP) is 2.51. The number of nitrogens with zero attached hydrogens (tertiary/aromatic N) is 2. The molecule has 0 aromatic carbocycles. The molecule has 0 aliphatic carbocycles. The van der Waals surface area contributed by atoms with E-state index >= 15 is 0 Å². The van der Waals surface area contributed by atoms with Gasteiger partial charge < -0.3 is 0 Å². The minimum atomic E-state index is 1.03. The van der Waals surface area contributed by atoms with E-state index in [1.54, 1.807) is 17.5 Å². The fraction of sp³-hybridized carbons (Fsp3) is 0.111. The number of hydrogen-bond acceptors (Lipinski definition) is 3. The third kappa shape index (κ3) is 1.23. The topological polar surface area (TPSA) is 25.8 Å². The molecule has 2 aromatic rings. The van der Waals surface area contributed by atoms with Crippen molar-refractivity contribution in [2.24, 2.45) is 0 Å². The van der Waals surface area contributed by atoms with Crippen LogP contribution >= 0.6 is 11.3 Å². The summed E-state index contributed by atoms with van der Waals surface area (Å²) in [5.41, 5.74) is 2.17. The van der Waals surface area contributed by atoms with Gasteiger partial charge in [0.15, 0.2) is 0 Å². The van der Waals surface area contributed by atoms with E-state index in [0.29, 0.717) is 0 Å². The summed E-state index contributed by atoms with van der Waals surface area (Å²) in [6.07, 6.45) is 3.61. The van der Waals surface area contributed by atoms with Gasteiger partial charge in [-0.15, -0.1) is 11.3 Å². The van der Waals surface area contributed by atoms with Gasteiger partial charge in [-0.1, -0.05) is 0 Å². The van der Waals surface area contributed by atoms with Gasteiger partial charge in [0.1, 0.15) is 5.01 Å². The van der Waals surface area contributed by atoms with Crippen molar-refractivity contribution >= 4 is 11.3 Å². The van der Waals surface area contributed by atoms with E-state index < -0.39 is 0 Å². The molecule has 0 bridgehead atoms. The highest BCUT2D eigenvalue weighted by atomic mass is 32.1. The van der Waals surface area contributed by atoms with Crippen LogP contribution in [0, 0.1) is 6.92 Å². The van der Waals surface area contributed by atoms with Crippen molar-refractivity contribution in [2.75, 3.05) is 0 Å². The monoisotopic (exact) mass is 176 g/mol. The van der Waals surface area contributed by atoms with Gasteiger partial charge in [0, 0.05) is 29.0 Å². The zero-order chi connectivity index (χ0) is 8.39. The van der Waals surface area contributed by atoms with Crippen molar-refractivity contribution in [1.29, 1.82) is 0 Å². The molecular formula is C9H8N2S. The molecule has 3 heteroatoms. The standard InChI is InChI=1S/C9H8N2S/c1-7-8(3-2-4-10-7)9-11-5-6-12-9/h2-6H,1H3. The third-order valence-corrected chi connectivity index (χ3v) is 2.48. The van der Waals surface area contributed by atoms with Crippen LogP contribution in [-0.2, 0) is 0 Å². The van der Waals surface area contributed by atoms with Gasteiger partial charge in [0.2, 0.25) is 0 Å². The Morgan fingerprint density at radius 1 is 1.25 bits per heavy atom. The molecule has 60 valence electrons. The van der Waals surface area contributed by atoms with Crippen molar-refractivity contribution in [3.63, 3.8) is 0 Å². The van der Waals surface area contributed by atoms with Gasteiger partial charge in [-0.25, -0.2) is 4.98 Å². The first-order valence-electron chi connectivity index (χ1n) is 3.69. The highest BCUT2D eigenvalue weighted by molar-refractivity contribution is 7.13. The third-order valence-electron chi connectivity index (χ3n) is 1.67. The van der Waals surface area contributed by atoms with Gasteiger partial charge >= 0.3 is 0 Å². The Bertz CT molecular complexity index is 368. The fourth-order valence-electron chi connectivity index (χ4n) is 1.07. The largest absolute Gasteiger partial charge is 0.261 e. The summed E-state index contributed by atoms with van der Waals surface area (Å²) >= 11 is 1.64. The van der Waals surface area contributed by atoms with Gasteiger partial charge in [0.25, 0.3) is 0 Å². The lowest BCUT2D eigenvalue weighted by Crippen LogP contribution is -1.84. The molecule has 0 aliphatic heterocycles. The first-order valence-corrected chi connectivity index (χ1v) is 4.57. The molecule has 0 amide bonds. The Labute approximate surface area is 74.9 Å². The Kier molecular flexibility index (Phi) is 1.87. The normalized spacial score (nSPS) is 10.1. The fourth-order valence-corrected chi connectivity index (χ4v) is 1.78. The lowest BCUT2D eigenvalue weighted by atomic mass is 10.2. The quantitative estimate of drug-likeness (QED) is 0.667. The number of pyridine rings is 1. The Hall–Kier alpha value is -1.22. The molecule has 0 fully saturated rings. The minimum Gasteiger partial charge on any atom is -0.261 e. The summed E-state index contributed by atoms with van der Waals surface area (Å²) in [7, 11) is 0. The molecule has 0 spiro atoms. The van der Waals surface area contributed by atoms with Gasteiger partial charge in [0.05, 0.1) is 0 Å². The maximum absolute atomic E-state index is 4.23. The van der Waals surface area contributed by atoms with E-state index in [4.69, 9.17) is 0 Å². The van der Waals surface area contributed by atoms with Crippen LogP contribution in [0.3, 0.4) is 0 Å².